The number of hydrogen-bond acceptors (Lipinski definition) is 4. The Balaban J connectivity index is 2.72. The highest BCUT2D eigenvalue weighted by Crippen LogP contribution is 2.29. The van der Waals surface area contributed by atoms with Crippen LogP contribution in [0.25, 0.3) is 0 Å². The summed E-state index contributed by atoms with van der Waals surface area (Å²) >= 11 is 0. The lowest BCUT2D eigenvalue weighted by molar-refractivity contribution is -0.137. The number of nitrogens with zero attached hydrogens (tertiary/aromatic N) is 1. The fourth-order valence-electron chi connectivity index (χ4n) is 1.48. The summed E-state index contributed by atoms with van der Waals surface area (Å²) in [5.74, 6) is 0.120. The highest BCUT2D eigenvalue weighted by atomic mass is 16.5. The second-order valence-corrected chi connectivity index (χ2v) is 4.06. The van der Waals surface area contributed by atoms with E-state index in [-0.39, 0.29) is 13.0 Å². The zero-order valence-corrected chi connectivity index (χ0v) is 11.7. The molecule has 0 atom stereocenters. The molecule has 0 aromatic heterocycles. The third-order valence-electron chi connectivity index (χ3n) is 2.66. The van der Waals surface area contributed by atoms with Crippen molar-refractivity contribution in [3.63, 3.8) is 0 Å². The first kappa shape index (κ1) is 15.6. The lowest BCUT2D eigenvalue weighted by Crippen LogP contribution is -2.33. The molecule has 0 spiro atoms. The predicted octanol–water partition coefficient (Wildman–Crippen LogP) is 1.64. The molecule has 1 rings (SSSR count). The van der Waals surface area contributed by atoms with Gasteiger partial charge in [-0.15, -0.1) is 0 Å². The van der Waals surface area contributed by atoms with E-state index in [2.05, 4.69) is 5.32 Å². The molecule has 110 valence electrons. The van der Waals surface area contributed by atoms with Gasteiger partial charge < -0.3 is 24.8 Å². The number of carboxylic acids is 1. The quantitative estimate of drug-likeness (QED) is 0.828. The molecular weight excluding hydrogens is 264 g/mol. The molecule has 0 aliphatic carbocycles. The minimum Gasteiger partial charge on any atom is -0.497 e. The van der Waals surface area contributed by atoms with Crippen molar-refractivity contribution >= 4 is 17.7 Å². The van der Waals surface area contributed by atoms with Gasteiger partial charge in [-0.1, -0.05) is 0 Å². The number of carbonyl (C=O) groups is 2. The molecule has 1 aromatic carbocycles. The van der Waals surface area contributed by atoms with Gasteiger partial charge in [0.05, 0.1) is 26.3 Å². The fourth-order valence-corrected chi connectivity index (χ4v) is 1.48. The number of benzene rings is 1. The number of aliphatic carboxylic acids is 1. The molecule has 0 saturated carbocycles. The van der Waals surface area contributed by atoms with E-state index < -0.39 is 12.0 Å². The van der Waals surface area contributed by atoms with Crippen molar-refractivity contribution in [3.05, 3.63) is 18.2 Å². The molecule has 0 saturated heterocycles. The Morgan fingerprint density at radius 1 is 1.30 bits per heavy atom. The number of anilines is 1. The second-order valence-electron chi connectivity index (χ2n) is 4.06. The van der Waals surface area contributed by atoms with Crippen LogP contribution >= 0.6 is 0 Å². The van der Waals surface area contributed by atoms with Gasteiger partial charge in [-0.3, -0.25) is 4.79 Å². The summed E-state index contributed by atoms with van der Waals surface area (Å²) in [7, 11) is 4.54. The summed E-state index contributed by atoms with van der Waals surface area (Å²) in [6.07, 6.45) is -0.107. The molecule has 20 heavy (non-hydrogen) atoms. The van der Waals surface area contributed by atoms with Crippen LogP contribution in [0.1, 0.15) is 6.42 Å². The molecule has 0 bridgehead atoms. The Morgan fingerprint density at radius 2 is 2.00 bits per heavy atom. The summed E-state index contributed by atoms with van der Waals surface area (Å²) in [5, 5.41) is 11.2. The molecule has 0 aliphatic rings. The molecule has 0 aliphatic heterocycles. The van der Waals surface area contributed by atoms with Gasteiger partial charge >= 0.3 is 12.0 Å². The zero-order chi connectivity index (χ0) is 15.1. The van der Waals surface area contributed by atoms with Crippen molar-refractivity contribution in [2.45, 2.75) is 6.42 Å². The van der Waals surface area contributed by atoms with E-state index in [1.165, 1.54) is 26.2 Å². The summed E-state index contributed by atoms with van der Waals surface area (Å²) in [6, 6.07) is 4.58. The first-order valence-electron chi connectivity index (χ1n) is 5.94. The first-order valence-corrected chi connectivity index (χ1v) is 5.94. The lowest BCUT2D eigenvalue weighted by atomic mass is 10.2. The van der Waals surface area contributed by atoms with E-state index in [0.29, 0.717) is 17.2 Å². The molecule has 2 amide bonds. The topological polar surface area (TPSA) is 88.1 Å². The van der Waals surface area contributed by atoms with E-state index in [4.69, 9.17) is 14.6 Å². The number of urea groups is 1. The van der Waals surface area contributed by atoms with Crippen molar-refractivity contribution in [2.24, 2.45) is 0 Å². The van der Waals surface area contributed by atoms with Crippen LogP contribution in [0.15, 0.2) is 18.2 Å². The number of carboxylic acid groups (broad SMARTS) is 1. The van der Waals surface area contributed by atoms with Gasteiger partial charge in [-0.2, -0.15) is 0 Å². The fraction of sp³-hybridized carbons (Fsp3) is 0.385. The molecular formula is C13H18N2O5. The highest BCUT2D eigenvalue weighted by molar-refractivity contribution is 5.91. The van der Waals surface area contributed by atoms with Crippen LogP contribution in [0.5, 0.6) is 11.5 Å². The third kappa shape index (κ3) is 4.34. The lowest BCUT2D eigenvalue weighted by Gasteiger charge is -2.18. The largest absolute Gasteiger partial charge is 0.497 e. The van der Waals surface area contributed by atoms with Gasteiger partial charge in [0.2, 0.25) is 0 Å². The Morgan fingerprint density at radius 3 is 2.55 bits per heavy atom. The van der Waals surface area contributed by atoms with Crippen LogP contribution in [-0.4, -0.2) is 49.8 Å². The molecule has 0 heterocycles. The summed E-state index contributed by atoms with van der Waals surface area (Å²) in [5.41, 5.74) is 0.487. The SMILES string of the molecule is COc1ccc(NC(=O)N(C)CCC(=O)O)c(OC)c1. The van der Waals surface area contributed by atoms with Crippen molar-refractivity contribution in [2.75, 3.05) is 33.1 Å². The van der Waals surface area contributed by atoms with Crippen LogP contribution in [0, 0.1) is 0 Å². The van der Waals surface area contributed by atoms with E-state index in [9.17, 15) is 9.59 Å². The summed E-state index contributed by atoms with van der Waals surface area (Å²) in [6.45, 7) is 0.125. The van der Waals surface area contributed by atoms with Gasteiger partial charge in [0.1, 0.15) is 11.5 Å². The molecule has 0 unspecified atom stereocenters. The molecule has 2 N–H and O–H groups in total. The van der Waals surface area contributed by atoms with Crippen molar-refractivity contribution in [1.82, 2.24) is 4.90 Å². The van der Waals surface area contributed by atoms with E-state index >= 15 is 0 Å². The number of nitrogens with one attached hydrogen (secondary N) is 1. The van der Waals surface area contributed by atoms with Crippen LogP contribution < -0.4 is 14.8 Å². The molecule has 1 aromatic rings. The number of ether oxygens (including phenoxy) is 2. The molecule has 0 fully saturated rings. The Labute approximate surface area is 117 Å². The van der Waals surface area contributed by atoms with Crippen molar-refractivity contribution in [3.8, 4) is 11.5 Å². The maximum Gasteiger partial charge on any atom is 0.321 e. The third-order valence-corrected chi connectivity index (χ3v) is 2.66. The van der Waals surface area contributed by atoms with E-state index in [1.807, 2.05) is 0 Å². The summed E-state index contributed by atoms with van der Waals surface area (Å²) in [4.78, 5) is 23.6. The maximum atomic E-state index is 11.9. The molecule has 7 heteroatoms. The maximum absolute atomic E-state index is 11.9. The average Bonchev–Trinajstić information content (AvgIpc) is 2.44. The highest BCUT2D eigenvalue weighted by Gasteiger charge is 2.13. The van der Waals surface area contributed by atoms with Crippen LogP contribution in [0.2, 0.25) is 0 Å². The van der Waals surface area contributed by atoms with Gasteiger partial charge in [-0.25, -0.2) is 4.79 Å². The first-order chi connectivity index (χ1) is 9.47. The Kier molecular flexibility index (Phi) is 5.64. The monoisotopic (exact) mass is 282 g/mol. The number of carbonyl (C=O) groups excluding carboxylic acids is 1. The number of amides is 2. The second kappa shape index (κ2) is 7.22. The predicted molar refractivity (Wildman–Crippen MR) is 73.4 cm³/mol. The van der Waals surface area contributed by atoms with Crippen LogP contribution in [0.4, 0.5) is 10.5 Å². The molecule has 7 nitrogen and oxygen atoms in total. The van der Waals surface area contributed by atoms with Crippen LogP contribution in [0.3, 0.4) is 0 Å². The van der Waals surface area contributed by atoms with Gasteiger partial charge in [-0.05, 0) is 12.1 Å². The van der Waals surface area contributed by atoms with Crippen LogP contribution in [-0.2, 0) is 4.79 Å². The minimum atomic E-state index is -0.952. The number of hydrogen-bond donors (Lipinski definition) is 2. The van der Waals surface area contributed by atoms with Crippen molar-refractivity contribution in [1.29, 1.82) is 0 Å². The minimum absolute atomic E-state index is 0.107. The van der Waals surface area contributed by atoms with Gasteiger partial charge in [0.15, 0.2) is 0 Å². The zero-order valence-electron chi connectivity index (χ0n) is 11.7. The standard InChI is InChI=1S/C13H18N2O5/c1-15(7-6-12(16)17)13(18)14-10-5-4-9(19-2)8-11(10)20-3/h4-5,8H,6-7H2,1-3H3,(H,14,18)(H,16,17). The smallest absolute Gasteiger partial charge is 0.321 e. The Bertz CT molecular complexity index is 490. The van der Waals surface area contributed by atoms with E-state index in [0.717, 1.165) is 0 Å². The van der Waals surface area contributed by atoms with Crippen molar-refractivity contribution < 1.29 is 24.2 Å². The van der Waals surface area contributed by atoms with Gasteiger partial charge in [0.25, 0.3) is 0 Å². The molecule has 0 radical (unpaired) electrons. The number of rotatable bonds is 6. The van der Waals surface area contributed by atoms with E-state index in [1.54, 1.807) is 18.2 Å². The number of methoxy groups -OCH3 is 2. The summed E-state index contributed by atoms with van der Waals surface area (Å²) < 4.78 is 10.2. The normalized spacial score (nSPS) is 9.75. The van der Waals surface area contributed by atoms with Gasteiger partial charge in [0, 0.05) is 19.7 Å². The average molecular weight is 282 g/mol. The Hall–Kier alpha value is -2.44.